The third-order valence-corrected chi connectivity index (χ3v) is 3.61. The highest BCUT2D eigenvalue weighted by Crippen LogP contribution is 2.23. The molecule has 0 aromatic heterocycles. The van der Waals surface area contributed by atoms with Crippen molar-refractivity contribution in [1.82, 2.24) is 5.32 Å². The van der Waals surface area contributed by atoms with Gasteiger partial charge in [-0.1, -0.05) is 48.5 Å². The number of hydrogen-bond donors (Lipinski definition) is 1. The fourth-order valence-corrected chi connectivity index (χ4v) is 2.60. The molecular formula is C17H18N2O. The van der Waals surface area contributed by atoms with E-state index in [2.05, 4.69) is 23.5 Å². The second-order valence-electron chi connectivity index (χ2n) is 5.01. The van der Waals surface area contributed by atoms with Gasteiger partial charge in [0.15, 0.2) is 0 Å². The quantitative estimate of drug-likeness (QED) is 0.924. The van der Waals surface area contributed by atoms with Crippen LogP contribution in [-0.4, -0.2) is 25.5 Å². The minimum Gasteiger partial charge on any atom is -0.310 e. The summed E-state index contributed by atoms with van der Waals surface area (Å²) in [7, 11) is 0. The van der Waals surface area contributed by atoms with Gasteiger partial charge in [0.05, 0.1) is 6.54 Å². The molecule has 0 bridgehead atoms. The molecule has 0 atom stereocenters. The number of amides is 1. The highest BCUT2D eigenvalue weighted by molar-refractivity contribution is 5.96. The van der Waals surface area contributed by atoms with Crippen molar-refractivity contribution in [3.63, 3.8) is 0 Å². The van der Waals surface area contributed by atoms with E-state index in [9.17, 15) is 4.79 Å². The summed E-state index contributed by atoms with van der Waals surface area (Å²) in [6.45, 7) is 2.02. The zero-order valence-corrected chi connectivity index (χ0v) is 11.4. The molecule has 2 aromatic carbocycles. The molecule has 0 unspecified atom stereocenters. The summed E-state index contributed by atoms with van der Waals surface area (Å²) >= 11 is 0. The van der Waals surface area contributed by atoms with Gasteiger partial charge in [-0.15, -0.1) is 0 Å². The zero-order chi connectivity index (χ0) is 13.8. The Morgan fingerprint density at radius 3 is 2.55 bits per heavy atom. The van der Waals surface area contributed by atoms with E-state index in [1.807, 2.05) is 41.3 Å². The van der Waals surface area contributed by atoms with Gasteiger partial charge in [0.1, 0.15) is 0 Å². The highest BCUT2D eigenvalue weighted by Gasteiger charge is 2.21. The average Bonchev–Trinajstić information content (AvgIpc) is 2.50. The summed E-state index contributed by atoms with van der Waals surface area (Å²) in [5.41, 5.74) is 3.51. The monoisotopic (exact) mass is 266 g/mol. The fraction of sp³-hybridized carbons (Fsp3) is 0.235. The van der Waals surface area contributed by atoms with Gasteiger partial charge < -0.3 is 10.2 Å². The Morgan fingerprint density at radius 1 is 1.00 bits per heavy atom. The van der Waals surface area contributed by atoms with E-state index in [1.54, 1.807) is 0 Å². The molecular weight excluding hydrogens is 248 g/mol. The number of anilines is 1. The molecule has 3 heteroatoms. The van der Waals surface area contributed by atoms with E-state index >= 15 is 0 Å². The molecule has 1 saturated heterocycles. The van der Waals surface area contributed by atoms with Gasteiger partial charge in [0, 0.05) is 18.8 Å². The number of para-hydroxylation sites is 1. The van der Waals surface area contributed by atoms with Crippen LogP contribution in [0.5, 0.6) is 0 Å². The first-order valence-electron chi connectivity index (χ1n) is 6.97. The molecule has 20 heavy (non-hydrogen) atoms. The minimum absolute atomic E-state index is 0.150. The number of nitrogens with one attached hydrogen (secondary N) is 1. The van der Waals surface area contributed by atoms with Gasteiger partial charge in [-0.25, -0.2) is 0 Å². The standard InChI is InChI=1S/C17H18N2O/c20-17-13-18-10-11-19(17)16-9-5-4-8-15(16)12-14-6-2-1-3-7-14/h1-9,18H,10-13H2. The van der Waals surface area contributed by atoms with Crippen LogP contribution in [0.2, 0.25) is 0 Å². The zero-order valence-electron chi connectivity index (χ0n) is 11.4. The second-order valence-corrected chi connectivity index (χ2v) is 5.01. The number of carbonyl (C=O) groups is 1. The predicted octanol–water partition coefficient (Wildman–Crippen LogP) is 2.21. The van der Waals surface area contributed by atoms with Crippen molar-refractivity contribution in [3.8, 4) is 0 Å². The van der Waals surface area contributed by atoms with E-state index in [4.69, 9.17) is 0 Å². The number of benzene rings is 2. The second kappa shape index (κ2) is 5.88. The summed E-state index contributed by atoms with van der Waals surface area (Å²) in [5, 5.41) is 3.11. The first-order chi connectivity index (χ1) is 9.84. The van der Waals surface area contributed by atoms with Crippen molar-refractivity contribution < 1.29 is 4.79 Å². The van der Waals surface area contributed by atoms with Crippen molar-refractivity contribution in [3.05, 3.63) is 65.7 Å². The largest absolute Gasteiger partial charge is 0.310 e. The van der Waals surface area contributed by atoms with E-state index in [0.29, 0.717) is 6.54 Å². The van der Waals surface area contributed by atoms with E-state index in [-0.39, 0.29) is 5.91 Å². The molecule has 2 aromatic rings. The third kappa shape index (κ3) is 2.73. The SMILES string of the molecule is O=C1CNCCN1c1ccccc1Cc1ccccc1. The molecule has 1 amide bonds. The van der Waals surface area contributed by atoms with Crippen LogP contribution in [0.1, 0.15) is 11.1 Å². The van der Waals surface area contributed by atoms with Crippen molar-refractivity contribution in [2.24, 2.45) is 0 Å². The van der Waals surface area contributed by atoms with Crippen molar-refractivity contribution in [2.75, 3.05) is 24.5 Å². The molecule has 0 radical (unpaired) electrons. The molecule has 0 saturated carbocycles. The van der Waals surface area contributed by atoms with Crippen LogP contribution in [0, 0.1) is 0 Å². The van der Waals surface area contributed by atoms with Gasteiger partial charge in [0.2, 0.25) is 5.91 Å². The Bertz CT molecular complexity index is 595. The van der Waals surface area contributed by atoms with Crippen molar-refractivity contribution in [2.45, 2.75) is 6.42 Å². The van der Waals surface area contributed by atoms with Crippen molar-refractivity contribution >= 4 is 11.6 Å². The molecule has 102 valence electrons. The molecule has 1 aliphatic rings. The van der Waals surface area contributed by atoms with Gasteiger partial charge in [-0.3, -0.25) is 4.79 Å². The molecule has 3 rings (SSSR count). The Morgan fingerprint density at radius 2 is 1.75 bits per heavy atom. The predicted molar refractivity (Wildman–Crippen MR) is 80.9 cm³/mol. The smallest absolute Gasteiger partial charge is 0.240 e. The van der Waals surface area contributed by atoms with Crippen LogP contribution in [0.3, 0.4) is 0 Å². The maximum atomic E-state index is 12.1. The Labute approximate surface area is 119 Å². The maximum absolute atomic E-state index is 12.1. The molecule has 1 fully saturated rings. The van der Waals surface area contributed by atoms with Crippen molar-refractivity contribution in [1.29, 1.82) is 0 Å². The number of carbonyl (C=O) groups excluding carboxylic acids is 1. The summed E-state index contributed by atoms with van der Waals surface area (Å²) in [4.78, 5) is 14.0. The van der Waals surface area contributed by atoms with Gasteiger partial charge >= 0.3 is 0 Å². The fourth-order valence-electron chi connectivity index (χ4n) is 2.60. The molecule has 3 nitrogen and oxygen atoms in total. The lowest BCUT2D eigenvalue weighted by atomic mass is 10.0. The molecule has 0 aliphatic carbocycles. The van der Waals surface area contributed by atoms with Crippen LogP contribution in [0.25, 0.3) is 0 Å². The normalized spacial score (nSPS) is 15.4. The van der Waals surface area contributed by atoms with Crippen LogP contribution in [0.4, 0.5) is 5.69 Å². The lowest BCUT2D eigenvalue weighted by molar-refractivity contribution is -0.118. The van der Waals surface area contributed by atoms with Gasteiger partial charge in [-0.05, 0) is 23.6 Å². The Balaban J connectivity index is 1.90. The number of rotatable bonds is 3. The lowest BCUT2D eigenvalue weighted by Crippen LogP contribution is -2.48. The average molecular weight is 266 g/mol. The van der Waals surface area contributed by atoms with E-state index < -0.39 is 0 Å². The third-order valence-electron chi connectivity index (χ3n) is 3.61. The number of piperazine rings is 1. The molecule has 1 N–H and O–H groups in total. The van der Waals surface area contributed by atoms with E-state index in [1.165, 1.54) is 11.1 Å². The first kappa shape index (κ1) is 12.9. The Kier molecular flexibility index (Phi) is 3.79. The summed E-state index contributed by atoms with van der Waals surface area (Å²) in [6, 6.07) is 18.6. The van der Waals surface area contributed by atoms with Gasteiger partial charge in [-0.2, -0.15) is 0 Å². The highest BCUT2D eigenvalue weighted by atomic mass is 16.2. The maximum Gasteiger partial charge on any atom is 0.240 e. The number of nitrogens with zero attached hydrogens (tertiary/aromatic N) is 1. The molecule has 1 heterocycles. The lowest BCUT2D eigenvalue weighted by Gasteiger charge is -2.29. The number of hydrogen-bond acceptors (Lipinski definition) is 2. The van der Waals surface area contributed by atoms with Crippen LogP contribution < -0.4 is 10.2 Å². The summed E-state index contributed by atoms with van der Waals surface area (Å²) in [6.07, 6.45) is 0.855. The molecule has 0 spiro atoms. The minimum atomic E-state index is 0.150. The first-order valence-corrected chi connectivity index (χ1v) is 6.97. The van der Waals surface area contributed by atoms with E-state index in [0.717, 1.165) is 25.2 Å². The molecule has 1 aliphatic heterocycles. The summed E-state index contributed by atoms with van der Waals surface area (Å²) < 4.78 is 0. The Hall–Kier alpha value is -2.13. The summed E-state index contributed by atoms with van der Waals surface area (Å²) in [5.74, 6) is 0.150. The topological polar surface area (TPSA) is 32.3 Å². The van der Waals surface area contributed by atoms with Crippen LogP contribution >= 0.6 is 0 Å². The van der Waals surface area contributed by atoms with Crippen LogP contribution in [0.15, 0.2) is 54.6 Å². The van der Waals surface area contributed by atoms with Crippen LogP contribution in [-0.2, 0) is 11.2 Å². The van der Waals surface area contributed by atoms with Gasteiger partial charge in [0.25, 0.3) is 0 Å².